The first-order valence-corrected chi connectivity index (χ1v) is 3.75. The van der Waals surface area contributed by atoms with E-state index in [1.54, 1.807) is 0 Å². The molecular weight excluding hydrogens is 552 g/mol. The molecule has 1 aliphatic carbocycles. The molecule has 0 amide bonds. The Hall–Kier alpha value is 1.81. The first kappa shape index (κ1) is 20.3. The molecule has 0 unspecified atom stereocenters. The van der Waals surface area contributed by atoms with Crippen LogP contribution in [0.1, 0.15) is 34.6 Å². The Balaban J connectivity index is -0.000000333. The van der Waals surface area contributed by atoms with Gasteiger partial charge in [-0.15, -0.1) is 6.92 Å². The van der Waals surface area contributed by atoms with Gasteiger partial charge in [-0.05, 0) is 0 Å². The van der Waals surface area contributed by atoms with Gasteiger partial charge in [0.05, 0.1) is 0 Å². The molecule has 0 saturated heterocycles. The normalized spacial score (nSPS) is 18.1. The molecule has 0 nitrogen and oxygen atoms in total. The Morgan fingerprint density at radius 2 is 1.38 bits per heavy atom. The molecule has 0 radical (unpaired) electrons. The van der Waals surface area contributed by atoms with E-state index in [9.17, 15) is 0 Å². The van der Waals surface area contributed by atoms with Gasteiger partial charge in [0.2, 0.25) is 0 Å². The standard InChI is InChI=1S/C10H15.Hf.2HI/c1-7-6-10(4,5)9(3)8(7)2;;;/h1-5H3;;2*1H/q-1;;;/p-2. The molecule has 0 fully saturated rings. The van der Waals surface area contributed by atoms with Crippen molar-refractivity contribution in [3.05, 3.63) is 22.8 Å². The maximum Gasteiger partial charge on any atom is 0 e. The fourth-order valence-corrected chi connectivity index (χ4v) is 1.41. The molecular formula is C10H15HfI2-3. The van der Waals surface area contributed by atoms with E-state index in [4.69, 9.17) is 0 Å². The third kappa shape index (κ3) is 4.45. The van der Waals surface area contributed by atoms with Crippen LogP contribution in [0.3, 0.4) is 0 Å². The van der Waals surface area contributed by atoms with E-state index in [-0.39, 0.29) is 79.2 Å². The quantitative estimate of drug-likeness (QED) is 0.168. The molecule has 13 heavy (non-hydrogen) atoms. The monoisotopic (exact) mass is 569 g/mol. The van der Waals surface area contributed by atoms with Gasteiger partial charge in [-0.2, -0.15) is 11.1 Å². The second-order valence-corrected chi connectivity index (χ2v) is 3.62. The van der Waals surface area contributed by atoms with Crippen molar-refractivity contribution in [1.29, 1.82) is 0 Å². The Bertz CT molecular complexity index is 227. The van der Waals surface area contributed by atoms with E-state index in [0.29, 0.717) is 0 Å². The van der Waals surface area contributed by atoms with Crippen LogP contribution in [0.15, 0.2) is 16.7 Å². The van der Waals surface area contributed by atoms with Crippen LogP contribution in [-0.4, -0.2) is 0 Å². The maximum atomic E-state index is 3.44. The van der Waals surface area contributed by atoms with Crippen LogP contribution in [-0.2, 0) is 25.8 Å². The second kappa shape index (κ2) is 7.14. The molecule has 0 atom stereocenters. The van der Waals surface area contributed by atoms with Crippen molar-refractivity contribution in [3.63, 3.8) is 0 Å². The second-order valence-electron chi connectivity index (χ2n) is 3.62. The van der Waals surface area contributed by atoms with Crippen LogP contribution >= 0.6 is 0 Å². The van der Waals surface area contributed by atoms with Crippen molar-refractivity contribution in [2.24, 2.45) is 5.41 Å². The summed E-state index contributed by atoms with van der Waals surface area (Å²) in [6.45, 7) is 10.9. The van der Waals surface area contributed by atoms with Crippen molar-refractivity contribution < 1.29 is 73.8 Å². The molecule has 0 N–H and O–H groups in total. The van der Waals surface area contributed by atoms with Gasteiger partial charge >= 0.3 is 0 Å². The van der Waals surface area contributed by atoms with Gasteiger partial charge in [0, 0.05) is 25.8 Å². The van der Waals surface area contributed by atoms with Crippen LogP contribution in [0.5, 0.6) is 0 Å². The third-order valence-corrected chi connectivity index (χ3v) is 2.56. The van der Waals surface area contributed by atoms with E-state index in [1.165, 1.54) is 16.7 Å². The average Bonchev–Trinajstić information content (AvgIpc) is 1.95. The average molecular weight is 568 g/mol. The van der Waals surface area contributed by atoms with Gasteiger partial charge in [0.1, 0.15) is 0 Å². The third-order valence-electron chi connectivity index (χ3n) is 2.56. The van der Waals surface area contributed by atoms with Gasteiger partial charge < -0.3 is 48.0 Å². The maximum absolute atomic E-state index is 3.44. The Morgan fingerprint density at radius 1 is 1.00 bits per heavy atom. The van der Waals surface area contributed by atoms with E-state index in [1.807, 2.05) is 0 Å². The summed E-state index contributed by atoms with van der Waals surface area (Å²) in [7, 11) is 0. The summed E-state index contributed by atoms with van der Waals surface area (Å²) in [6.07, 6.45) is 3.44. The minimum absolute atomic E-state index is 0. The molecule has 0 saturated carbocycles. The van der Waals surface area contributed by atoms with Crippen molar-refractivity contribution in [2.45, 2.75) is 34.6 Å². The SMILES string of the molecule is CC1=[C-]C(C)(C)C(C)=C1C.[Hf].[I-].[I-]. The van der Waals surface area contributed by atoms with Gasteiger partial charge in [0.15, 0.2) is 0 Å². The molecule has 3 heteroatoms. The van der Waals surface area contributed by atoms with Crippen molar-refractivity contribution in [3.8, 4) is 0 Å². The van der Waals surface area contributed by atoms with E-state index >= 15 is 0 Å². The van der Waals surface area contributed by atoms with Crippen LogP contribution in [0.2, 0.25) is 0 Å². The molecule has 0 heterocycles. The fourth-order valence-electron chi connectivity index (χ4n) is 1.41. The fraction of sp³-hybridized carbons (Fsp3) is 0.600. The predicted molar refractivity (Wildman–Crippen MR) is 44.6 cm³/mol. The molecule has 0 aliphatic heterocycles. The van der Waals surface area contributed by atoms with Crippen LogP contribution in [0.4, 0.5) is 0 Å². The molecule has 0 aromatic rings. The molecule has 0 bridgehead atoms. The molecule has 0 aromatic heterocycles. The Kier molecular flexibility index (Phi) is 11.1. The Labute approximate surface area is 135 Å². The minimum Gasteiger partial charge on any atom is -1.00 e. The summed E-state index contributed by atoms with van der Waals surface area (Å²) in [6, 6.07) is 0. The summed E-state index contributed by atoms with van der Waals surface area (Å²) in [5, 5.41) is 0. The molecule has 0 spiro atoms. The Morgan fingerprint density at radius 3 is 1.46 bits per heavy atom. The van der Waals surface area contributed by atoms with E-state index < -0.39 is 0 Å². The van der Waals surface area contributed by atoms with Crippen molar-refractivity contribution in [2.75, 3.05) is 0 Å². The zero-order chi connectivity index (χ0) is 7.94. The predicted octanol–water partition coefficient (Wildman–Crippen LogP) is -2.88. The van der Waals surface area contributed by atoms with Crippen molar-refractivity contribution >= 4 is 0 Å². The number of hydrogen-bond acceptors (Lipinski definition) is 0. The summed E-state index contributed by atoms with van der Waals surface area (Å²) in [5.74, 6) is 0. The number of hydrogen-bond donors (Lipinski definition) is 0. The summed E-state index contributed by atoms with van der Waals surface area (Å²) < 4.78 is 0. The van der Waals surface area contributed by atoms with Gasteiger partial charge in [0.25, 0.3) is 0 Å². The zero-order valence-corrected chi connectivity index (χ0v) is 16.7. The van der Waals surface area contributed by atoms with E-state index in [2.05, 4.69) is 40.7 Å². The van der Waals surface area contributed by atoms with Crippen LogP contribution < -0.4 is 48.0 Å². The van der Waals surface area contributed by atoms with Gasteiger partial charge in [-0.1, -0.05) is 33.1 Å². The van der Waals surface area contributed by atoms with Crippen LogP contribution in [0, 0.1) is 11.5 Å². The van der Waals surface area contributed by atoms with Gasteiger partial charge in [-0.3, -0.25) is 6.08 Å². The summed E-state index contributed by atoms with van der Waals surface area (Å²) in [4.78, 5) is 0. The molecule has 0 aromatic carbocycles. The van der Waals surface area contributed by atoms with Crippen LogP contribution in [0.25, 0.3) is 0 Å². The largest absolute Gasteiger partial charge is 1.00 e. The molecule has 1 rings (SSSR count). The summed E-state index contributed by atoms with van der Waals surface area (Å²) in [5.41, 5.74) is 4.39. The summed E-state index contributed by atoms with van der Waals surface area (Å²) >= 11 is 0. The first-order chi connectivity index (χ1) is 4.45. The smallest absolute Gasteiger partial charge is 0 e. The van der Waals surface area contributed by atoms with Crippen molar-refractivity contribution in [1.82, 2.24) is 0 Å². The molecule has 1 aliphatic rings. The number of halogens is 2. The first-order valence-electron chi connectivity index (χ1n) is 3.75. The zero-order valence-electron chi connectivity index (χ0n) is 8.76. The minimum atomic E-state index is 0. The molecule has 76 valence electrons. The number of allylic oxidation sites excluding steroid dienone is 4. The topological polar surface area (TPSA) is 0 Å². The van der Waals surface area contributed by atoms with E-state index in [0.717, 1.165) is 0 Å². The number of rotatable bonds is 0. The van der Waals surface area contributed by atoms with Gasteiger partial charge in [-0.25, -0.2) is 5.57 Å².